The number of allylic oxidation sites excluding steroid dienone is 3. The minimum Gasteiger partial charge on any atom is -0.459 e. The third kappa shape index (κ3) is 2.87. The van der Waals surface area contributed by atoms with Gasteiger partial charge in [-0.1, -0.05) is 44.9 Å². The maximum absolute atomic E-state index is 13.8. The van der Waals surface area contributed by atoms with Crippen molar-refractivity contribution in [1.82, 2.24) is 0 Å². The predicted octanol–water partition coefficient (Wildman–Crippen LogP) is 6.99. The highest BCUT2D eigenvalue weighted by Gasteiger charge is 2.75. The molecule has 0 aromatic rings. The Morgan fingerprint density at radius 3 is 2.52 bits per heavy atom. The first-order valence-corrected chi connectivity index (χ1v) is 13.6. The molecular weight excluding hydrogens is 408 g/mol. The van der Waals surface area contributed by atoms with E-state index in [1.165, 1.54) is 5.57 Å². The summed E-state index contributed by atoms with van der Waals surface area (Å²) in [6, 6.07) is 0. The van der Waals surface area contributed by atoms with E-state index in [-0.39, 0.29) is 39.3 Å². The minimum absolute atomic E-state index is 0.0581. The van der Waals surface area contributed by atoms with Crippen LogP contribution in [-0.2, 0) is 9.53 Å². The second kappa shape index (κ2) is 7.21. The molecule has 4 fully saturated rings. The van der Waals surface area contributed by atoms with Gasteiger partial charge in [-0.05, 0) is 101 Å². The summed E-state index contributed by atoms with van der Waals surface area (Å²) >= 11 is 0. The van der Waals surface area contributed by atoms with Crippen LogP contribution in [0.25, 0.3) is 0 Å². The molecule has 4 aliphatic carbocycles. The summed E-state index contributed by atoms with van der Waals surface area (Å²) in [7, 11) is 0. The average molecular weight is 455 g/mol. The van der Waals surface area contributed by atoms with Gasteiger partial charge in [0.15, 0.2) is 0 Å². The van der Waals surface area contributed by atoms with Crippen LogP contribution in [0.4, 0.5) is 0 Å². The number of rotatable bonds is 4. The normalized spacial score (nSPS) is 49.9. The van der Waals surface area contributed by atoms with E-state index >= 15 is 0 Å². The second-order valence-electron chi connectivity index (χ2n) is 13.8. The molecule has 184 valence electrons. The number of cyclic esters (lactones) is 1. The van der Waals surface area contributed by atoms with E-state index in [4.69, 9.17) is 4.74 Å². The van der Waals surface area contributed by atoms with Crippen LogP contribution >= 0.6 is 0 Å². The van der Waals surface area contributed by atoms with Crippen molar-refractivity contribution in [3.05, 3.63) is 23.8 Å². The van der Waals surface area contributed by atoms with Crippen molar-refractivity contribution >= 4 is 5.97 Å². The van der Waals surface area contributed by atoms with Gasteiger partial charge in [-0.15, -0.1) is 6.58 Å². The molecule has 0 aromatic carbocycles. The smallest absolute Gasteiger partial charge is 0.313 e. The zero-order valence-corrected chi connectivity index (χ0v) is 21.9. The van der Waals surface area contributed by atoms with Crippen molar-refractivity contribution in [3.63, 3.8) is 0 Å². The van der Waals surface area contributed by atoms with Crippen LogP contribution in [-0.4, -0.2) is 22.8 Å². The lowest BCUT2D eigenvalue weighted by atomic mass is 9.41. The van der Waals surface area contributed by atoms with Crippen LogP contribution < -0.4 is 0 Å². The van der Waals surface area contributed by atoms with Gasteiger partial charge in [0.1, 0.15) is 5.60 Å². The Morgan fingerprint density at radius 1 is 1.09 bits per heavy atom. The molecule has 5 aliphatic rings. The number of hydrogen-bond donors (Lipinski definition) is 1. The van der Waals surface area contributed by atoms with Crippen LogP contribution in [0.15, 0.2) is 23.8 Å². The highest BCUT2D eigenvalue weighted by molar-refractivity contribution is 5.83. The van der Waals surface area contributed by atoms with Gasteiger partial charge in [-0.25, -0.2) is 0 Å². The van der Waals surface area contributed by atoms with Gasteiger partial charge < -0.3 is 9.84 Å². The molecule has 1 spiro atoms. The van der Waals surface area contributed by atoms with Crippen molar-refractivity contribution in [2.24, 2.45) is 39.4 Å². The molecule has 3 nitrogen and oxygen atoms in total. The van der Waals surface area contributed by atoms with Crippen LogP contribution in [0.1, 0.15) is 106 Å². The molecule has 0 bridgehead atoms. The molecule has 1 aliphatic heterocycles. The largest absolute Gasteiger partial charge is 0.459 e. The van der Waals surface area contributed by atoms with E-state index < -0.39 is 0 Å². The van der Waals surface area contributed by atoms with Gasteiger partial charge >= 0.3 is 5.97 Å². The van der Waals surface area contributed by atoms with Crippen molar-refractivity contribution in [2.45, 2.75) is 117 Å². The number of ether oxygens (including phenoxy) is 1. The Labute approximate surface area is 201 Å². The fourth-order valence-corrected chi connectivity index (χ4v) is 10.1. The Bertz CT molecular complexity index is 900. The van der Waals surface area contributed by atoms with Crippen molar-refractivity contribution in [3.8, 4) is 0 Å². The third-order valence-electron chi connectivity index (χ3n) is 11.9. The molecule has 0 unspecified atom stereocenters. The SMILES string of the molecule is C=C(C)CCC[C@]1(C)OC(=O)[C@]23CC[C@@H]4C(=CC[C@@H]5C(C)(C)[C@@H](O)CC[C@]45C)[C@]2(C)CC[C@@H]31. The molecule has 1 saturated heterocycles. The summed E-state index contributed by atoms with van der Waals surface area (Å²) < 4.78 is 6.35. The summed E-state index contributed by atoms with van der Waals surface area (Å²) in [6.45, 7) is 17.9. The van der Waals surface area contributed by atoms with E-state index in [2.05, 4.69) is 54.2 Å². The molecule has 8 atom stereocenters. The Morgan fingerprint density at radius 2 is 1.82 bits per heavy atom. The summed E-state index contributed by atoms with van der Waals surface area (Å²) in [5.41, 5.74) is 2.17. The number of fused-ring (bicyclic) bond motifs is 4. The van der Waals surface area contributed by atoms with Gasteiger partial charge in [-0.3, -0.25) is 4.79 Å². The molecule has 33 heavy (non-hydrogen) atoms. The Balaban J connectivity index is 1.50. The number of carbonyl (C=O) groups is 1. The first-order valence-electron chi connectivity index (χ1n) is 13.6. The lowest BCUT2D eigenvalue weighted by molar-refractivity contribution is -0.163. The highest BCUT2D eigenvalue weighted by atomic mass is 16.6. The monoisotopic (exact) mass is 454 g/mol. The summed E-state index contributed by atoms with van der Waals surface area (Å²) in [6.07, 6.45) is 12.6. The standard InChI is InChI=1S/C30H46O3/c1-19(2)9-8-15-29(7)23-13-17-28(6)21-10-11-22-26(3,4)24(31)14-16-27(22,5)20(21)12-18-30(23,28)25(32)33-29/h10,20,22-24,31H,1,8-9,11-18H2,2-7H3/t20-,22-,23-,24+,27-,28+,29+,30-/m1/s1. The van der Waals surface area contributed by atoms with E-state index in [0.29, 0.717) is 17.8 Å². The molecule has 0 radical (unpaired) electrons. The minimum atomic E-state index is -0.347. The molecule has 3 saturated carbocycles. The van der Waals surface area contributed by atoms with Crippen molar-refractivity contribution < 1.29 is 14.6 Å². The fourth-order valence-electron chi connectivity index (χ4n) is 10.1. The van der Waals surface area contributed by atoms with Crippen LogP contribution in [0.2, 0.25) is 0 Å². The van der Waals surface area contributed by atoms with Gasteiger partial charge in [0.2, 0.25) is 0 Å². The van der Waals surface area contributed by atoms with Crippen LogP contribution in [0, 0.1) is 39.4 Å². The van der Waals surface area contributed by atoms with Crippen LogP contribution in [0.5, 0.6) is 0 Å². The van der Waals surface area contributed by atoms with E-state index in [1.54, 1.807) is 5.57 Å². The lowest BCUT2D eigenvalue weighted by Gasteiger charge is -2.63. The zero-order valence-electron chi connectivity index (χ0n) is 21.9. The molecule has 1 N–H and O–H groups in total. The highest BCUT2D eigenvalue weighted by Crippen LogP contribution is 2.76. The summed E-state index contributed by atoms with van der Waals surface area (Å²) in [5.74, 6) is 1.45. The fraction of sp³-hybridized carbons (Fsp3) is 0.833. The van der Waals surface area contributed by atoms with E-state index in [9.17, 15) is 9.90 Å². The molecule has 1 heterocycles. The molecule has 0 aromatic heterocycles. The summed E-state index contributed by atoms with van der Waals surface area (Å²) in [5, 5.41) is 10.8. The first-order chi connectivity index (χ1) is 15.3. The summed E-state index contributed by atoms with van der Waals surface area (Å²) in [4.78, 5) is 13.8. The second-order valence-corrected chi connectivity index (χ2v) is 13.8. The number of aliphatic hydroxyl groups excluding tert-OH is 1. The van der Waals surface area contributed by atoms with Gasteiger partial charge in [-0.2, -0.15) is 0 Å². The Hall–Kier alpha value is -1.09. The average Bonchev–Trinajstić information content (AvgIpc) is 3.16. The van der Waals surface area contributed by atoms with Crippen LogP contribution in [0.3, 0.4) is 0 Å². The number of hydrogen-bond acceptors (Lipinski definition) is 3. The number of carbonyl (C=O) groups excluding carboxylic acids is 1. The predicted molar refractivity (Wildman–Crippen MR) is 132 cm³/mol. The zero-order chi connectivity index (χ0) is 24.0. The molecule has 5 rings (SSSR count). The van der Waals surface area contributed by atoms with E-state index in [1.807, 2.05) is 0 Å². The first kappa shape index (κ1) is 23.6. The van der Waals surface area contributed by atoms with Crippen molar-refractivity contribution in [2.75, 3.05) is 0 Å². The number of aliphatic hydroxyl groups is 1. The Kier molecular flexibility index (Phi) is 5.17. The van der Waals surface area contributed by atoms with E-state index in [0.717, 1.165) is 64.2 Å². The molecule has 0 amide bonds. The third-order valence-corrected chi connectivity index (χ3v) is 11.9. The van der Waals surface area contributed by atoms with Crippen molar-refractivity contribution in [1.29, 1.82) is 0 Å². The maximum Gasteiger partial charge on any atom is 0.313 e. The van der Waals surface area contributed by atoms with Gasteiger partial charge in [0.25, 0.3) is 0 Å². The molecular formula is C30H46O3. The quantitative estimate of drug-likeness (QED) is 0.368. The van der Waals surface area contributed by atoms with Gasteiger partial charge in [0.05, 0.1) is 11.5 Å². The number of esters is 1. The topological polar surface area (TPSA) is 46.5 Å². The lowest BCUT2D eigenvalue weighted by Crippen LogP contribution is -2.59. The van der Waals surface area contributed by atoms with Gasteiger partial charge in [0, 0.05) is 11.3 Å². The maximum atomic E-state index is 13.8. The molecule has 3 heteroatoms.